The van der Waals surface area contributed by atoms with E-state index in [0.717, 1.165) is 42.1 Å². The maximum atomic E-state index is 11.6. The van der Waals surface area contributed by atoms with E-state index in [0.29, 0.717) is 17.7 Å². The van der Waals surface area contributed by atoms with Crippen LogP contribution >= 0.6 is 0 Å². The number of primary amides is 1. The van der Waals surface area contributed by atoms with Gasteiger partial charge in [-0.15, -0.1) is 0 Å². The summed E-state index contributed by atoms with van der Waals surface area (Å²) in [6.45, 7) is 0.504. The summed E-state index contributed by atoms with van der Waals surface area (Å²) < 4.78 is 2.20. The Morgan fingerprint density at radius 3 is 2.62 bits per heavy atom. The number of hydrogen-bond donors (Lipinski definition) is 2. The van der Waals surface area contributed by atoms with E-state index in [1.807, 2.05) is 24.3 Å². The highest BCUT2D eigenvalue weighted by molar-refractivity contribution is 5.98. The molecular weight excluding hydrogens is 328 g/mol. The standard InChI is InChI=1S/C21H20N2O3/c22-20(24)13-9-10-19-17(11-13)16-7-3-4-8-18(16)23(19)12-14-5-1-2-6-15(14)21(25)26/h1-2,5-6,9-11H,3-4,7-8,12H2,(H2,22,24)(H,25,26). The number of carboxylic acid groups (broad SMARTS) is 1. The molecule has 132 valence electrons. The monoisotopic (exact) mass is 348 g/mol. The summed E-state index contributed by atoms with van der Waals surface area (Å²) >= 11 is 0. The normalized spacial score (nSPS) is 13.5. The van der Waals surface area contributed by atoms with Crippen LogP contribution in [-0.2, 0) is 19.4 Å². The Morgan fingerprint density at radius 2 is 1.85 bits per heavy atom. The van der Waals surface area contributed by atoms with Crippen LogP contribution in [0, 0.1) is 0 Å². The second-order valence-corrected chi connectivity index (χ2v) is 6.78. The number of benzene rings is 2. The Kier molecular flexibility index (Phi) is 3.99. The Balaban J connectivity index is 1.90. The topological polar surface area (TPSA) is 85.3 Å². The summed E-state index contributed by atoms with van der Waals surface area (Å²) in [5, 5.41) is 10.5. The van der Waals surface area contributed by atoms with Crippen molar-refractivity contribution in [1.29, 1.82) is 0 Å². The Hall–Kier alpha value is -3.08. The second-order valence-electron chi connectivity index (χ2n) is 6.78. The lowest BCUT2D eigenvalue weighted by Crippen LogP contribution is -2.12. The van der Waals surface area contributed by atoms with Crippen molar-refractivity contribution in [2.75, 3.05) is 0 Å². The molecule has 4 rings (SSSR count). The molecule has 5 heteroatoms. The minimum absolute atomic E-state index is 0.327. The third kappa shape index (κ3) is 2.65. The zero-order valence-electron chi connectivity index (χ0n) is 14.4. The molecule has 0 saturated carbocycles. The first-order valence-electron chi connectivity index (χ1n) is 8.81. The van der Waals surface area contributed by atoms with Crippen LogP contribution < -0.4 is 5.73 Å². The first-order valence-corrected chi connectivity index (χ1v) is 8.81. The molecule has 3 aromatic rings. The van der Waals surface area contributed by atoms with Crippen molar-refractivity contribution in [2.24, 2.45) is 5.73 Å². The van der Waals surface area contributed by atoms with E-state index in [-0.39, 0.29) is 0 Å². The van der Waals surface area contributed by atoms with Crippen LogP contribution in [0.2, 0.25) is 0 Å². The number of amides is 1. The van der Waals surface area contributed by atoms with E-state index in [1.54, 1.807) is 18.2 Å². The van der Waals surface area contributed by atoms with E-state index >= 15 is 0 Å². The molecule has 1 aromatic heterocycles. The lowest BCUT2D eigenvalue weighted by Gasteiger charge is -2.17. The van der Waals surface area contributed by atoms with E-state index in [1.165, 1.54) is 11.3 Å². The number of aromatic carboxylic acids is 1. The highest BCUT2D eigenvalue weighted by Gasteiger charge is 2.22. The van der Waals surface area contributed by atoms with Gasteiger partial charge in [-0.05, 0) is 61.1 Å². The van der Waals surface area contributed by atoms with Crippen molar-refractivity contribution in [2.45, 2.75) is 32.2 Å². The largest absolute Gasteiger partial charge is 0.478 e. The maximum absolute atomic E-state index is 11.6. The lowest BCUT2D eigenvalue weighted by atomic mass is 9.95. The van der Waals surface area contributed by atoms with Crippen molar-refractivity contribution >= 4 is 22.8 Å². The summed E-state index contributed by atoms with van der Waals surface area (Å²) in [5.74, 6) is -1.35. The quantitative estimate of drug-likeness (QED) is 0.758. The first kappa shape index (κ1) is 16.4. The number of nitrogens with zero attached hydrogens (tertiary/aromatic N) is 1. The van der Waals surface area contributed by atoms with Gasteiger partial charge in [0.05, 0.1) is 5.56 Å². The Bertz CT molecular complexity index is 1030. The van der Waals surface area contributed by atoms with Gasteiger partial charge in [0.1, 0.15) is 0 Å². The summed E-state index contributed by atoms with van der Waals surface area (Å²) in [7, 11) is 0. The third-order valence-electron chi connectivity index (χ3n) is 5.24. The average molecular weight is 348 g/mol. The van der Waals surface area contributed by atoms with Gasteiger partial charge < -0.3 is 15.4 Å². The van der Waals surface area contributed by atoms with Gasteiger partial charge in [0, 0.05) is 28.7 Å². The van der Waals surface area contributed by atoms with Gasteiger partial charge in [-0.3, -0.25) is 4.79 Å². The van der Waals surface area contributed by atoms with E-state index in [4.69, 9.17) is 5.73 Å². The number of nitrogens with two attached hydrogens (primary N) is 1. The van der Waals surface area contributed by atoms with E-state index < -0.39 is 11.9 Å². The number of hydrogen-bond acceptors (Lipinski definition) is 2. The molecule has 0 saturated heterocycles. The van der Waals surface area contributed by atoms with Crippen LogP contribution in [0.15, 0.2) is 42.5 Å². The molecule has 1 aliphatic rings. The average Bonchev–Trinajstić information content (AvgIpc) is 2.95. The number of carboxylic acids is 1. The number of carbonyl (C=O) groups excluding carboxylic acids is 1. The molecule has 0 radical (unpaired) electrons. The molecule has 1 aliphatic carbocycles. The maximum Gasteiger partial charge on any atom is 0.336 e. The third-order valence-corrected chi connectivity index (χ3v) is 5.24. The number of fused-ring (bicyclic) bond motifs is 3. The zero-order chi connectivity index (χ0) is 18.3. The molecule has 2 aromatic carbocycles. The fraction of sp³-hybridized carbons (Fsp3) is 0.238. The zero-order valence-corrected chi connectivity index (χ0v) is 14.4. The van der Waals surface area contributed by atoms with Gasteiger partial charge in [0.25, 0.3) is 0 Å². The highest BCUT2D eigenvalue weighted by atomic mass is 16.4. The molecule has 3 N–H and O–H groups in total. The van der Waals surface area contributed by atoms with Crippen molar-refractivity contribution in [3.63, 3.8) is 0 Å². The van der Waals surface area contributed by atoms with Gasteiger partial charge >= 0.3 is 5.97 Å². The number of rotatable bonds is 4. The predicted molar refractivity (Wildman–Crippen MR) is 99.6 cm³/mol. The molecule has 26 heavy (non-hydrogen) atoms. The second kappa shape index (κ2) is 6.33. The van der Waals surface area contributed by atoms with Crippen LogP contribution in [0.3, 0.4) is 0 Å². The van der Waals surface area contributed by atoms with Crippen LogP contribution in [0.1, 0.15) is 50.4 Å². The Morgan fingerprint density at radius 1 is 1.08 bits per heavy atom. The predicted octanol–water partition coefficient (Wildman–Crippen LogP) is 3.37. The summed E-state index contributed by atoms with van der Waals surface area (Å²) in [6, 6.07) is 12.7. The highest BCUT2D eigenvalue weighted by Crippen LogP contribution is 2.33. The molecule has 1 amide bonds. The van der Waals surface area contributed by atoms with E-state index in [9.17, 15) is 14.7 Å². The molecule has 0 unspecified atom stereocenters. The van der Waals surface area contributed by atoms with Crippen LogP contribution in [0.25, 0.3) is 10.9 Å². The molecule has 5 nitrogen and oxygen atoms in total. The van der Waals surface area contributed by atoms with Crippen LogP contribution in [0.4, 0.5) is 0 Å². The SMILES string of the molecule is NC(=O)c1ccc2c(c1)c1c(n2Cc2ccccc2C(=O)O)CCCC1. The minimum atomic E-state index is -0.915. The van der Waals surface area contributed by atoms with E-state index in [2.05, 4.69) is 4.57 Å². The van der Waals surface area contributed by atoms with Gasteiger partial charge in [-0.1, -0.05) is 18.2 Å². The smallest absolute Gasteiger partial charge is 0.336 e. The molecule has 0 bridgehead atoms. The van der Waals surface area contributed by atoms with Crippen LogP contribution in [0.5, 0.6) is 0 Å². The van der Waals surface area contributed by atoms with Crippen molar-refractivity contribution in [3.05, 3.63) is 70.4 Å². The fourth-order valence-corrected chi connectivity index (χ4v) is 4.01. The molecule has 0 spiro atoms. The van der Waals surface area contributed by atoms with Gasteiger partial charge in [0.2, 0.25) is 5.91 Å². The summed E-state index contributed by atoms with van der Waals surface area (Å²) in [4.78, 5) is 23.1. The summed E-state index contributed by atoms with van der Waals surface area (Å²) in [6.07, 6.45) is 4.18. The summed E-state index contributed by atoms with van der Waals surface area (Å²) in [5.41, 5.74) is 10.6. The molecule has 1 heterocycles. The lowest BCUT2D eigenvalue weighted by molar-refractivity contribution is 0.0695. The molecule has 0 aliphatic heterocycles. The van der Waals surface area contributed by atoms with Crippen molar-refractivity contribution in [1.82, 2.24) is 4.57 Å². The fourth-order valence-electron chi connectivity index (χ4n) is 4.01. The molecular formula is C21H20N2O3. The van der Waals surface area contributed by atoms with Crippen LogP contribution in [-0.4, -0.2) is 21.6 Å². The van der Waals surface area contributed by atoms with Crippen molar-refractivity contribution in [3.8, 4) is 0 Å². The number of aryl methyl sites for hydroxylation is 1. The van der Waals surface area contributed by atoms with Gasteiger partial charge in [-0.2, -0.15) is 0 Å². The van der Waals surface area contributed by atoms with Gasteiger partial charge in [0.15, 0.2) is 0 Å². The minimum Gasteiger partial charge on any atom is -0.478 e. The number of carbonyl (C=O) groups is 2. The number of aromatic nitrogens is 1. The molecule has 0 fully saturated rings. The van der Waals surface area contributed by atoms with Gasteiger partial charge in [-0.25, -0.2) is 4.79 Å². The first-order chi connectivity index (χ1) is 12.6. The Labute approximate surface area is 151 Å². The van der Waals surface area contributed by atoms with Crippen molar-refractivity contribution < 1.29 is 14.7 Å². The molecule has 0 atom stereocenters.